The van der Waals surface area contributed by atoms with Crippen LogP contribution in [0.25, 0.3) is 0 Å². The molecule has 0 aromatic heterocycles. The van der Waals surface area contributed by atoms with Crippen LogP contribution in [-0.4, -0.2) is 84.9 Å². The Labute approximate surface area is 162 Å². The van der Waals surface area contributed by atoms with Crippen LogP contribution >= 0.6 is 0 Å². The smallest absolute Gasteiger partial charge is 0.225 e. The predicted molar refractivity (Wildman–Crippen MR) is 101 cm³/mol. The second kappa shape index (κ2) is 8.17. The van der Waals surface area contributed by atoms with Crippen LogP contribution in [0.2, 0.25) is 0 Å². The van der Waals surface area contributed by atoms with Gasteiger partial charge < -0.3 is 19.4 Å². The van der Waals surface area contributed by atoms with E-state index in [1.54, 1.807) is 0 Å². The summed E-state index contributed by atoms with van der Waals surface area (Å²) in [6.07, 6.45) is 1.94. The number of ether oxygens (including phenoxy) is 1. The van der Waals surface area contributed by atoms with Crippen LogP contribution in [0.3, 0.4) is 0 Å². The highest BCUT2D eigenvalue weighted by atomic mass is 16.5. The lowest BCUT2D eigenvalue weighted by Crippen LogP contribution is -2.47. The molecule has 0 N–H and O–H groups in total. The van der Waals surface area contributed by atoms with Crippen LogP contribution in [-0.2, 0) is 19.1 Å². The van der Waals surface area contributed by atoms with Gasteiger partial charge in [-0.15, -0.1) is 0 Å². The van der Waals surface area contributed by atoms with Crippen molar-refractivity contribution in [2.24, 2.45) is 17.3 Å². The van der Waals surface area contributed by atoms with Gasteiger partial charge in [-0.1, -0.05) is 13.8 Å². The maximum atomic E-state index is 13.2. The molecule has 7 heteroatoms. The Bertz CT molecular complexity index is 588. The molecule has 3 rings (SSSR count). The summed E-state index contributed by atoms with van der Waals surface area (Å²) in [5.41, 5.74) is -0.352. The van der Waals surface area contributed by atoms with Crippen LogP contribution in [0.5, 0.6) is 0 Å². The topological polar surface area (TPSA) is 70.2 Å². The zero-order chi connectivity index (χ0) is 19.6. The Morgan fingerprint density at radius 1 is 1.11 bits per heavy atom. The van der Waals surface area contributed by atoms with Gasteiger partial charge in [-0.05, 0) is 19.8 Å². The molecule has 0 aromatic rings. The van der Waals surface area contributed by atoms with E-state index < -0.39 is 0 Å². The van der Waals surface area contributed by atoms with Gasteiger partial charge in [-0.3, -0.25) is 14.4 Å². The average molecular weight is 380 g/mol. The molecule has 3 aliphatic heterocycles. The number of nitrogens with zero attached hydrogens (tertiary/aromatic N) is 3. The fraction of sp³-hybridized carbons (Fsp3) is 0.850. The highest BCUT2D eigenvalue weighted by Gasteiger charge is 2.48. The molecule has 7 nitrogen and oxygen atoms in total. The fourth-order valence-electron chi connectivity index (χ4n) is 4.68. The molecule has 3 saturated heterocycles. The number of carbonyl (C=O) groups is 3. The average Bonchev–Trinajstić information content (AvgIpc) is 2.86. The molecule has 0 radical (unpaired) electrons. The standard InChI is InChI=1S/C20H33N3O4/c1-4-21-12-20(11-17(21)24)13-22(18(25)15(2)3)7-8-23(14-20)19(26)16-5-9-27-10-6-16/h15-16H,4-14H2,1-3H3. The van der Waals surface area contributed by atoms with Crippen molar-refractivity contribution in [3.63, 3.8) is 0 Å². The van der Waals surface area contributed by atoms with Crippen molar-refractivity contribution in [1.82, 2.24) is 14.7 Å². The molecule has 0 saturated carbocycles. The molecule has 0 bridgehead atoms. The first kappa shape index (κ1) is 20.1. The summed E-state index contributed by atoms with van der Waals surface area (Å²) in [6.45, 7) is 10.6. The third-order valence-electron chi connectivity index (χ3n) is 6.17. The minimum absolute atomic E-state index is 0.00235. The van der Waals surface area contributed by atoms with E-state index in [0.717, 1.165) is 12.8 Å². The third kappa shape index (κ3) is 4.28. The summed E-state index contributed by atoms with van der Waals surface area (Å²) in [5, 5.41) is 0. The second-order valence-electron chi connectivity index (χ2n) is 8.65. The van der Waals surface area contributed by atoms with Gasteiger partial charge in [-0.2, -0.15) is 0 Å². The number of hydrogen-bond acceptors (Lipinski definition) is 4. The highest BCUT2D eigenvalue weighted by Crippen LogP contribution is 2.36. The maximum Gasteiger partial charge on any atom is 0.225 e. The highest BCUT2D eigenvalue weighted by molar-refractivity contribution is 5.82. The quantitative estimate of drug-likeness (QED) is 0.733. The molecule has 3 amide bonds. The second-order valence-corrected chi connectivity index (χ2v) is 8.65. The monoisotopic (exact) mass is 379 g/mol. The van der Waals surface area contributed by atoms with Crippen molar-refractivity contribution >= 4 is 17.7 Å². The summed E-state index contributed by atoms with van der Waals surface area (Å²) in [4.78, 5) is 44.0. The molecular formula is C20H33N3O4. The van der Waals surface area contributed by atoms with Crippen molar-refractivity contribution in [3.8, 4) is 0 Å². The van der Waals surface area contributed by atoms with E-state index in [4.69, 9.17) is 4.74 Å². The SMILES string of the molecule is CCN1CC2(CC1=O)CN(C(=O)C(C)C)CCN(C(=O)C1CCOCC1)C2. The molecule has 152 valence electrons. The zero-order valence-electron chi connectivity index (χ0n) is 16.9. The molecule has 27 heavy (non-hydrogen) atoms. The zero-order valence-corrected chi connectivity index (χ0v) is 16.9. The van der Waals surface area contributed by atoms with E-state index in [1.165, 1.54) is 0 Å². The van der Waals surface area contributed by atoms with E-state index in [1.807, 2.05) is 35.5 Å². The van der Waals surface area contributed by atoms with E-state index >= 15 is 0 Å². The van der Waals surface area contributed by atoms with Crippen molar-refractivity contribution in [2.75, 3.05) is 52.5 Å². The Hall–Kier alpha value is -1.63. The fourth-order valence-corrected chi connectivity index (χ4v) is 4.68. The summed E-state index contributed by atoms with van der Waals surface area (Å²) < 4.78 is 5.40. The minimum atomic E-state index is -0.352. The molecule has 1 spiro atoms. The van der Waals surface area contributed by atoms with Gasteiger partial charge in [0.25, 0.3) is 0 Å². The molecule has 3 aliphatic rings. The Kier molecular flexibility index (Phi) is 6.08. The van der Waals surface area contributed by atoms with Gasteiger partial charge >= 0.3 is 0 Å². The number of likely N-dealkylation sites (tertiary alicyclic amines) is 1. The van der Waals surface area contributed by atoms with Gasteiger partial charge in [0, 0.05) is 76.2 Å². The first-order chi connectivity index (χ1) is 12.8. The largest absolute Gasteiger partial charge is 0.381 e. The van der Waals surface area contributed by atoms with Crippen molar-refractivity contribution < 1.29 is 19.1 Å². The normalized spacial score (nSPS) is 27.6. The summed E-state index contributed by atoms with van der Waals surface area (Å²) in [6, 6.07) is 0. The first-order valence-corrected chi connectivity index (χ1v) is 10.3. The van der Waals surface area contributed by atoms with E-state index in [9.17, 15) is 14.4 Å². The minimum Gasteiger partial charge on any atom is -0.381 e. The number of amides is 3. The Morgan fingerprint density at radius 3 is 2.33 bits per heavy atom. The van der Waals surface area contributed by atoms with Crippen molar-refractivity contribution in [3.05, 3.63) is 0 Å². The molecule has 0 aromatic carbocycles. The maximum absolute atomic E-state index is 13.2. The lowest BCUT2D eigenvalue weighted by Gasteiger charge is -2.35. The molecule has 1 atom stereocenters. The van der Waals surface area contributed by atoms with Gasteiger partial charge in [0.2, 0.25) is 17.7 Å². The van der Waals surface area contributed by atoms with E-state index in [-0.39, 0.29) is 35.0 Å². The van der Waals surface area contributed by atoms with Crippen LogP contribution in [0, 0.1) is 17.3 Å². The number of hydrogen-bond donors (Lipinski definition) is 0. The number of carbonyl (C=O) groups excluding carboxylic acids is 3. The van der Waals surface area contributed by atoms with Gasteiger partial charge in [0.05, 0.1) is 0 Å². The lowest BCUT2D eigenvalue weighted by molar-refractivity contribution is -0.140. The first-order valence-electron chi connectivity index (χ1n) is 10.3. The van der Waals surface area contributed by atoms with Crippen molar-refractivity contribution in [2.45, 2.75) is 40.0 Å². The van der Waals surface area contributed by atoms with Crippen molar-refractivity contribution in [1.29, 1.82) is 0 Å². The van der Waals surface area contributed by atoms with Crippen LogP contribution in [0.4, 0.5) is 0 Å². The third-order valence-corrected chi connectivity index (χ3v) is 6.17. The number of rotatable bonds is 3. The summed E-state index contributed by atoms with van der Waals surface area (Å²) in [5.74, 6) is 0.326. The molecule has 3 fully saturated rings. The summed E-state index contributed by atoms with van der Waals surface area (Å²) in [7, 11) is 0. The van der Waals surface area contributed by atoms with E-state index in [0.29, 0.717) is 58.9 Å². The van der Waals surface area contributed by atoms with Crippen LogP contribution in [0.15, 0.2) is 0 Å². The molecule has 3 heterocycles. The Balaban J connectivity index is 1.82. The lowest BCUT2D eigenvalue weighted by atomic mass is 9.85. The predicted octanol–water partition coefficient (Wildman–Crippen LogP) is 0.978. The van der Waals surface area contributed by atoms with Gasteiger partial charge in [-0.25, -0.2) is 0 Å². The van der Waals surface area contributed by atoms with E-state index in [2.05, 4.69) is 0 Å². The molecular weight excluding hydrogens is 346 g/mol. The molecule has 0 aliphatic carbocycles. The van der Waals surface area contributed by atoms with Crippen LogP contribution in [0.1, 0.15) is 40.0 Å². The molecule has 1 unspecified atom stereocenters. The summed E-state index contributed by atoms with van der Waals surface area (Å²) >= 11 is 0. The van der Waals surface area contributed by atoms with Crippen LogP contribution < -0.4 is 0 Å². The van der Waals surface area contributed by atoms with Gasteiger partial charge in [0.15, 0.2) is 0 Å². The van der Waals surface area contributed by atoms with Gasteiger partial charge in [0.1, 0.15) is 0 Å². The Morgan fingerprint density at radius 2 is 1.74 bits per heavy atom.